The molecule has 0 aromatic heterocycles. The molecule has 0 aliphatic heterocycles. The summed E-state index contributed by atoms with van der Waals surface area (Å²) in [5, 5.41) is 12.0. The summed E-state index contributed by atoms with van der Waals surface area (Å²) in [5.41, 5.74) is 0.736. The maximum absolute atomic E-state index is 12.4. The SMILES string of the molecule is COc1ccc(C(C)(C)CNC(=O)[C@@H]2CC[C@H](C(=O)O)C2)cc1OC. The van der Waals surface area contributed by atoms with Crippen molar-refractivity contribution in [1.82, 2.24) is 5.32 Å². The average Bonchev–Trinajstić information content (AvgIpc) is 3.09. The van der Waals surface area contributed by atoms with E-state index in [1.165, 1.54) is 0 Å². The Balaban J connectivity index is 1.99. The predicted octanol–water partition coefficient (Wildman–Crippen LogP) is 2.60. The maximum atomic E-state index is 12.4. The molecule has 1 saturated carbocycles. The number of nitrogens with one attached hydrogen (secondary N) is 1. The summed E-state index contributed by atoms with van der Waals surface area (Å²) in [7, 11) is 3.18. The Morgan fingerprint density at radius 3 is 2.36 bits per heavy atom. The fourth-order valence-electron chi connectivity index (χ4n) is 3.26. The van der Waals surface area contributed by atoms with E-state index in [4.69, 9.17) is 14.6 Å². The zero-order valence-electron chi connectivity index (χ0n) is 15.3. The summed E-state index contributed by atoms with van der Waals surface area (Å²) < 4.78 is 10.6. The molecule has 6 nitrogen and oxygen atoms in total. The van der Waals surface area contributed by atoms with Crippen LogP contribution in [0.2, 0.25) is 0 Å². The third-order valence-corrected chi connectivity index (χ3v) is 5.02. The van der Waals surface area contributed by atoms with Crippen LogP contribution < -0.4 is 14.8 Å². The van der Waals surface area contributed by atoms with Gasteiger partial charge in [0, 0.05) is 17.9 Å². The Bertz CT molecular complexity index is 641. The van der Waals surface area contributed by atoms with Gasteiger partial charge < -0.3 is 19.9 Å². The topological polar surface area (TPSA) is 84.9 Å². The monoisotopic (exact) mass is 349 g/mol. The highest BCUT2D eigenvalue weighted by molar-refractivity contribution is 5.81. The smallest absolute Gasteiger partial charge is 0.306 e. The molecule has 0 radical (unpaired) electrons. The fourth-order valence-corrected chi connectivity index (χ4v) is 3.26. The first-order chi connectivity index (χ1) is 11.8. The van der Waals surface area contributed by atoms with Gasteiger partial charge in [0.15, 0.2) is 11.5 Å². The molecule has 2 atom stereocenters. The molecule has 0 saturated heterocycles. The van der Waals surface area contributed by atoms with Crippen LogP contribution in [0.3, 0.4) is 0 Å². The first kappa shape index (κ1) is 19.1. The number of hydrogen-bond donors (Lipinski definition) is 2. The van der Waals surface area contributed by atoms with E-state index in [9.17, 15) is 9.59 Å². The number of benzene rings is 1. The lowest BCUT2D eigenvalue weighted by atomic mass is 9.84. The molecular formula is C19H27NO5. The summed E-state index contributed by atoms with van der Waals surface area (Å²) in [6.07, 6.45) is 1.64. The molecule has 25 heavy (non-hydrogen) atoms. The number of carboxylic acid groups (broad SMARTS) is 1. The molecule has 1 aliphatic carbocycles. The van der Waals surface area contributed by atoms with Gasteiger partial charge in [-0.3, -0.25) is 9.59 Å². The van der Waals surface area contributed by atoms with Crippen molar-refractivity contribution in [2.75, 3.05) is 20.8 Å². The van der Waals surface area contributed by atoms with Gasteiger partial charge in [-0.2, -0.15) is 0 Å². The van der Waals surface area contributed by atoms with Crippen molar-refractivity contribution in [2.24, 2.45) is 11.8 Å². The first-order valence-electron chi connectivity index (χ1n) is 8.51. The van der Waals surface area contributed by atoms with Crippen molar-refractivity contribution >= 4 is 11.9 Å². The van der Waals surface area contributed by atoms with Crippen molar-refractivity contribution in [1.29, 1.82) is 0 Å². The van der Waals surface area contributed by atoms with Crippen molar-refractivity contribution in [3.8, 4) is 11.5 Å². The van der Waals surface area contributed by atoms with Gasteiger partial charge in [-0.15, -0.1) is 0 Å². The lowest BCUT2D eigenvalue weighted by Crippen LogP contribution is -2.39. The Hall–Kier alpha value is -2.24. The number of aliphatic carboxylic acids is 1. The van der Waals surface area contributed by atoms with Gasteiger partial charge >= 0.3 is 5.97 Å². The highest BCUT2D eigenvalue weighted by Gasteiger charge is 2.34. The fraction of sp³-hybridized carbons (Fsp3) is 0.579. The number of carbonyl (C=O) groups excluding carboxylic acids is 1. The van der Waals surface area contributed by atoms with E-state index in [1.807, 2.05) is 32.0 Å². The number of rotatable bonds is 7. The van der Waals surface area contributed by atoms with E-state index in [0.29, 0.717) is 37.3 Å². The number of ether oxygens (including phenoxy) is 2. The molecular weight excluding hydrogens is 322 g/mol. The molecule has 0 unspecified atom stereocenters. The third kappa shape index (κ3) is 4.44. The van der Waals surface area contributed by atoms with Crippen LogP contribution in [-0.2, 0) is 15.0 Å². The number of carboxylic acids is 1. The van der Waals surface area contributed by atoms with Crippen LogP contribution in [0.5, 0.6) is 11.5 Å². The second-order valence-electron chi connectivity index (χ2n) is 7.22. The van der Waals surface area contributed by atoms with Gasteiger partial charge in [0.2, 0.25) is 5.91 Å². The van der Waals surface area contributed by atoms with Crippen molar-refractivity contribution in [2.45, 2.75) is 38.5 Å². The summed E-state index contributed by atoms with van der Waals surface area (Å²) in [4.78, 5) is 23.4. The highest BCUT2D eigenvalue weighted by atomic mass is 16.5. The van der Waals surface area contributed by atoms with Gasteiger partial charge in [0.25, 0.3) is 0 Å². The molecule has 6 heteroatoms. The standard InChI is InChI=1S/C19H27NO5/c1-19(2,14-7-8-15(24-3)16(10-14)25-4)11-20-17(21)12-5-6-13(9-12)18(22)23/h7-8,10,12-13H,5-6,9,11H2,1-4H3,(H,20,21)(H,22,23)/t12-,13+/m1/s1. The predicted molar refractivity (Wildman–Crippen MR) is 94.0 cm³/mol. The van der Waals surface area contributed by atoms with Gasteiger partial charge in [0.1, 0.15) is 0 Å². The lowest BCUT2D eigenvalue weighted by Gasteiger charge is -2.27. The molecule has 138 valence electrons. The molecule has 1 aromatic rings. The quantitative estimate of drug-likeness (QED) is 0.790. The van der Waals surface area contributed by atoms with Crippen LogP contribution in [0.25, 0.3) is 0 Å². The third-order valence-electron chi connectivity index (χ3n) is 5.02. The van der Waals surface area contributed by atoms with Crippen LogP contribution >= 0.6 is 0 Å². The average molecular weight is 349 g/mol. The van der Waals surface area contributed by atoms with E-state index < -0.39 is 11.9 Å². The van der Waals surface area contributed by atoms with E-state index in [2.05, 4.69) is 5.32 Å². The zero-order valence-corrected chi connectivity index (χ0v) is 15.3. The van der Waals surface area contributed by atoms with Gasteiger partial charge in [-0.05, 0) is 37.0 Å². The molecule has 1 amide bonds. The first-order valence-corrected chi connectivity index (χ1v) is 8.51. The zero-order chi connectivity index (χ0) is 18.6. The summed E-state index contributed by atoms with van der Waals surface area (Å²) in [6.45, 7) is 4.56. The van der Waals surface area contributed by atoms with Gasteiger partial charge in [-0.25, -0.2) is 0 Å². The van der Waals surface area contributed by atoms with Crippen LogP contribution in [-0.4, -0.2) is 37.7 Å². The largest absolute Gasteiger partial charge is 0.493 e. The summed E-state index contributed by atoms with van der Waals surface area (Å²) >= 11 is 0. The van der Waals surface area contributed by atoms with E-state index in [1.54, 1.807) is 14.2 Å². The molecule has 1 fully saturated rings. The number of methoxy groups -OCH3 is 2. The maximum Gasteiger partial charge on any atom is 0.306 e. The van der Waals surface area contributed by atoms with E-state index >= 15 is 0 Å². The Kier molecular flexibility index (Phi) is 5.93. The second kappa shape index (κ2) is 7.76. The summed E-state index contributed by atoms with van der Waals surface area (Å²) in [5.74, 6) is -0.147. The van der Waals surface area contributed by atoms with Gasteiger partial charge in [-0.1, -0.05) is 19.9 Å². The molecule has 2 rings (SSSR count). The highest BCUT2D eigenvalue weighted by Crippen LogP contribution is 2.34. The minimum Gasteiger partial charge on any atom is -0.493 e. The molecule has 1 aromatic carbocycles. The second-order valence-corrected chi connectivity index (χ2v) is 7.22. The number of carbonyl (C=O) groups is 2. The molecule has 0 heterocycles. The van der Waals surface area contributed by atoms with Crippen LogP contribution in [0.1, 0.15) is 38.7 Å². The normalized spacial score (nSPS) is 20.2. The van der Waals surface area contributed by atoms with Gasteiger partial charge in [0.05, 0.1) is 20.1 Å². The van der Waals surface area contributed by atoms with Crippen LogP contribution in [0, 0.1) is 11.8 Å². The number of amides is 1. The minimum absolute atomic E-state index is 0.0581. The van der Waals surface area contributed by atoms with E-state index in [0.717, 1.165) is 5.56 Å². The molecule has 0 spiro atoms. The Labute approximate surface area is 148 Å². The minimum atomic E-state index is -0.805. The Morgan fingerprint density at radius 2 is 1.80 bits per heavy atom. The Morgan fingerprint density at radius 1 is 1.16 bits per heavy atom. The molecule has 2 N–H and O–H groups in total. The van der Waals surface area contributed by atoms with Crippen molar-refractivity contribution in [3.05, 3.63) is 23.8 Å². The van der Waals surface area contributed by atoms with Crippen molar-refractivity contribution in [3.63, 3.8) is 0 Å². The molecule has 0 bridgehead atoms. The molecule has 1 aliphatic rings. The summed E-state index contributed by atoms with van der Waals surface area (Å²) in [6, 6.07) is 5.73. The van der Waals surface area contributed by atoms with Crippen molar-refractivity contribution < 1.29 is 24.2 Å². The van der Waals surface area contributed by atoms with Crippen LogP contribution in [0.4, 0.5) is 0 Å². The van der Waals surface area contributed by atoms with Crippen LogP contribution in [0.15, 0.2) is 18.2 Å². The number of hydrogen-bond acceptors (Lipinski definition) is 4. The lowest BCUT2D eigenvalue weighted by molar-refractivity contribution is -0.141. The van der Waals surface area contributed by atoms with E-state index in [-0.39, 0.29) is 17.2 Å².